The van der Waals surface area contributed by atoms with Crippen molar-refractivity contribution < 1.29 is 18.0 Å². The first-order chi connectivity index (χ1) is 14.0. The van der Waals surface area contributed by atoms with Crippen molar-refractivity contribution in [2.75, 3.05) is 0 Å². The van der Waals surface area contributed by atoms with Gasteiger partial charge in [-0.1, -0.05) is 36.8 Å². The van der Waals surface area contributed by atoms with Gasteiger partial charge in [0, 0.05) is 12.0 Å². The van der Waals surface area contributed by atoms with E-state index < -0.39 is 17.6 Å². The Bertz CT molecular complexity index is 1060. The molecular weight excluding hydrogens is 395 g/mol. The molecule has 0 spiro atoms. The molecule has 0 aliphatic heterocycles. The van der Waals surface area contributed by atoms with Gasteiger partial charge in [-0.3, -0.25) is 4.79 Å². The molecule has 0 radical (unpaired) electrons. The third kappa shape index (κ3) is 4.34. The molecule has 0 aliphatic rings. The highest BCUT2D eigenvalue weighted by atomic mass is 19.4. The summed E-state index contributed by atoms with van der Waals surface area (Å²) >= 11 is 0. The van der Waals surface area contributed by atoms with Crippen LogP contribution in [0.3, 0.4) is 0 Å². The molecule has 0 aliphatic carbocycles. The number of amides is 1. The van der Waals surface area contributed by atoms with E-state index in [2.05, 4.69) is 20.8 Å². The minimum absolute atomic E-state index is 0.0814. The van der Waals surface area contributed by atoms with Crippen molar-refractivity contribution in [3.05, 3.63) is 59.4 Å². The zero-order valence-corrected chi connectivity index (χ0v) is 17.1. The number of hydrogen-bond donors (Lipinski definition) is 1. The topological polar surface area (TPSA) is 72.7 Å². The molecule has 0 fully saturated rings. The summed E-state index contributed by atoms with van der Waals surface area (Å²) in [6.45, 7) is 5.68. The molecule has 0 unspecified atom stereocenters. The second-order valence-corrected chi connectivity index (χ2v) is 7.57. The SMILES string of the molecule is CCc1nnnn1-c1cc(C(=O)NC(C)(C)C(F)(F)F)cc(-c2ccc(C)cc2)c1. The molecule has 0 saturated carbocycles. The Kier molecular flexibility index (Phi) is 5.65. The number of tetrazole rings is 1. The number of nitrogens with one attached hydrogen (secondary N) is 1. The summed E-state index contributed by atoms with van der Waals surface area (Å²) < 4.78 is 41.2. The highest BCUT2D eigenvalue weighted by molar-refractivity contribution is 5.96. The predicted octanol–water partition coefficient (Wildman–Crippen LogP) is 4.27. The van der Waals surface area contributed by atoms with Crippen LogP contribution in [0.25, 0.3) is 16.8 Å². The summed E-state index contributed by atoms with van der Waals surface area (Å²) in [6.07, 6.45) is -4.05. The van der Waals surface area contributed by atoms with Gasteiger partial charge in [0.2, 0.25) is 0 Å². The molecule has 3 rings (SSSR count). The number of rotatable bonds is 5. The van der Waals surface area contributed by atoms with Crippen molar-refractivity contribution in [1.29, 1.82) is 0 Å². The van der Waals surface area contributed by atoms with Crippen molar-refractivity contribution >= 4 is 5.91 Å². The van der Waals surface area contributed by atoms with Crippen LogP contribution in [-0.4, -0.2) is 37.8 Å². The molecule has 2 aromatic carbocycles. The van der Waals surface area contributed by atoms with Crippen LogP contribution in [0.2, 0.25) is 0 Å². The fourth-order valence-electron chi connectivity index (χ4n) is 2.83. The number of aryl methyl sites for hydroxylation is 2. The lowest BCUT2D eigenvalue weighted by Crippen LogP contribution is -2.54. The standard InChI is InChI=1S/C21H22F3N5O/c1-5-18-26-27-28-29(18)17-11-15(14-8-6-13(2)7-9-14)10-16(12-17)19(30)25-20(3,4)21(22,23)24/h6-12H,5H2,1-4H3,(H,25,30). The van der Waals surface area contributed by atoms with E-state index in [1.54, 1.807) is 12.1 Å². The number of alkyl halides is 3. The molecule has 9 heteroatoms. The molecule has 0 bridgehead atoms. The van der Waals surface area contributed by atoms with Gasteiger partial charge in [0.25, 0.3) is 5.91 Å². The maximum Gasteiger partial charge on any atom is 0.410 e. The number of aromatic nitrogens is 4. The first-order valence-electron chi connectivity index (χ1n) is 9.41. The average Bonchev–Trinajstić information content (AvgIpc) is 3.16. The van der Waals surface area contributed by atoms with Crippen molar-refractivity contribution in [2.45, 2.75) is 45.8 Å². The van der Waals surface area contributed by atoms with Gasteiger partial charge < -0.3 is 5.32 Å². The molecule has 1 heterocycles. The number of hydrogen-bond acceptors (Lipinski definition) is 4. The third-order valence-electron chi connectivity index (χ3n) is 4.79. The minimum Gasteiger partial charge on any atom is -0.338 e. The van der Waals surface area contributed by atoms with Crippen molar-refractivity contribution in [3.63, 3.8) is 0 Å². The monoisotopic (exact) mass is 417 g/mol. The van der Waals surface area contributed by atoms with Crippen molar-refractivity contribution in [3.8, 4) is 16.8 Å². The van der Waals surface area contributed by atoms with E-state index in [0.717, 1.165) is 25.0 Å². The van der Waals surface area contributed by atoms with Gasteiger partial charge in [0.15, 0.2) is 5.82 Å². The molecular formula is C21H22F3N5O. The zero-order valence-electron chi connectivity index (χ0n) is 17.1. The largest absolute Gasteiger partial charge is 0.410 e. The molecule has 30 heavy (non-hydrogen) atoms. The van der Waals surface area contributed by atoms with E-state index in [4.69, 9.17) is 0 Å². The van der Waals surface area contributed by atoms with Crippen LogP contribution in [0.15, 0.2) is 42.5 Å². The van der Waals surface area contributed by atoms with Crippen LogP contribution < -0.4 is 5.32 Å². The van der Waals surface area contributed by atoms with Crippen LogP contribution in [0, 0.1) is 6.92 Å². The fraction of sp³-hybridized carbons (Fsp3) is 0.333. The van der Waals surface area contributed by atoms with Crippen LogP contribution in [-0.2, 0) is 6.42 Å². The zero-order chi connectivity index (χ0) is 22.1. The van der Waals surface area contributed by atoms with Gasteiger partial charge in [-0.2, -0.15) is 17.9 Å². The highest BCUT2D eigenvalue weighted by Gasteiger charge is 2.48. The highest BCUT2D eigenvalue weighted by Crippen LogP contribution is 2.30. The fourth-order valence-corrected chi connectivity index (χ4v) is 2.83. The molecule has 1 amide bonds. The Morgan fingerprint density at radius 3 is 2.33 bits per heavy atom. The second kappa shape index (κ2) is 7.89. The molecule has 1 N–H and O–H groups in total. The molecule has 158 valence electrons. The Morgan fingerprint density at radius 2 is 1.73 bits per heavy atom. The molecule has 3 aromatic rings. The summed E-state index contributed by atoms with van der Waals surface area (Å²) in [4.78, 5) is 12.7. The molecule has 0 saturated heterocycles. The Labute approximate surface area is 172 Å². The van der Waals surface area contributed by atoms with E-state index >= 15 is 0 Å². The average molecular weight is 417 g/mol. The molecule has 6 nitrogen and oxygen atoms in total. The van der Waals surface area contributed by atoms with Gasteiger partial charge in [-0.15, -0.1) is 5.10 Å². The van der Waals surface area contributed by atoms with E-state index in [1.807, 2.05) is 38.1 Å². The first kappa shape index (κ1) is 21.5. The lowest BCUT2D eigenvalue weighted by Gasteiger charge is -2.29. The third-order valence-corrected chi connectivity index (χ3v) is 4.79. The van der Waals surface area contributed by atoms with Crippen molar-refractivity contribution in [1.82, 2.24) is 25.5 Å². The lowest BCUT2D eigenvalue weighted by molar-refractivity contribution is -0.182. The Hall–Kier alpha value is -3.23. The maximum atomic E-state index is 13.2. The van der Waals surface area contributed by atoms with Crippen LogP contribution in [0.1, 0.15) is 42.5 Å². The van der Waals surface area contributed by atoms with E-state index in [9.17, 15) is 18.0 Å². The number of carbonyl (C=O) groups excluding carboxylic acids is 1. The quantitative estimate of drug-likeness (QED) is 0.673. The van der Waals surface area contributed by atoms with Crippen LogP contribution in [0.5, 0.6) is 0 Å². The van der Waals surface area contributed by atoms with E-state index in [-0.39, 0.29) is 5.56 Å². The van der Waals surface area contributed by atoms with Crippen LogP contribution in [0.4, 0.5) is 13.2 Å². The Balaban J connectivity index is 2.10. The van der Waals surface area contributed by atoms with Gasteiger partial charge >= 0.3 is 6.18 Å². The second-order valence-electron chi connectivity index (χ2n) is 7.57. The van der Waals surface area contributed by atoms with Gasteiger partial charge in [-0.25, -0.2) is 0 Å². The Morgan fingerprint density at radius 1 is 1.07 bits per heavy atom. The summed E-state index contributed by atoms with van der Waals surface area (Å²) in [5.74, 6) is -0.267. The van der Waals surface area contributed by atoms with Gasteiger partial charge in [0.05, 0.1) is 5.69 Å². The van der Waals surface area contributed by atoms with Crippen molar-refractivity contribution in [2.24, 2.45) is 0 Å². The molecule has 1 aromatic heterocycles. The number of benzene rings is 2. The first-order valence-corrected chi connectivity index (χ1v) is 9.41. The maximum absolute atomic E-state index is 13.2. The predicted molar refractivity (Wildman–Crippen MR) is 106 cm³/mol. The van der Waals surface area contributed by atoms with Crippen LogP contribution >= 0.6 is 0 Å². The van der Waals surface area contributed by atoms with E-state index in [0.29, 0.717) is 23.5 Å². The summed E-state index contributed by atoms with van der Waals surface area (Å²) in [5, 5.41) is 13.6. The van der Waals surface area contributed by atoms with E-state index in [1.165, 1.54) is 10.7 Å². The number of carbonyl (C=O) groups is 1. The lowest BCUT2D eigenvalue weighted by atomic mass is 9.99. The summed E-state index contributed by atoms with van der Waals surface area (Å²) in [5.41, 5.74) is 0.738. The van der Waals surface area contributed by atoms with Gasteiger partial charge in [0.1, 0.15) is 5.54 Å². The summed E-state index contributed by atoms with van der Waals surface area (Å²) in [6, 6.07) is 12.4. The normalized spacial score (nSPS) is 12.1. The molecule has 0 atom stereocenters. The minimum atomic E-state index is -4.59. The van der Waals surface area contributed by atoms with Gasteiger partial charge in [-0.05, 0) is 60.5 Å². The number of halogens is 3. The smallest absolute Gasteiger partial charge is 0.338 e. The summed E-state index contributed by atoms with van der Waals surface area (Å²) in [7, 11) is 0. The number of nitrogens with zero attached hydrogens (tertiary/aromatic N) is 4.